The summed E-state index contributed by atoms with van der Waals surface area (Å²) in [6.07, 6.45) is -0.593. The maximum absolute atomic E-state index is 13.0. The van der Waals surface area contributed by atoms with Crippen molar-refractivity contribution in [2.75, 3.05) is 0 Å². The quantitative estimate of drug-likeness (QED) is 0.840. The molecule has 0 aromatic heterocycles. The average molecular weight is 346 g/mol. The van der Waals surface area contributed by atoms with Gasteiger partial charge in [0.2, 0.25) is 0 Å². The fourth-order valence-electron chi connectivity index (χ4n) is 1.54. The van der Waals surface area contributed by atoms with Gasteiger partial charge in [-0.1, -0.05) is 17.7 Å². The molecule has 0 spiro atoms. The van der Waals surface area contributed by atoms with Crippen molar-refractivity contribution in [2.24, 2.45) is 0 Å². The SMILES string of the molecule is C[C@@H](O)c1ccc(Oc2ccc(F)cc2Br)c(Cl)c1. The van der Waals surface area contributed by atoms with Gasteiger partial charge in [0, 0.05) is 0 Å². The van der Waals surface area contributed by atoms with Crippen LogP contribution in [0.25, 0.3) is 0 Å². The first-order valence-electron chi connectivity index (χ1n) is 5.58. The molecule has 0 saturated carbocycles. The zero-order chi connectivity index (χ0) is 14.0. The molecule has 1 atom stereocenters. The maximum atomic E-state index is 13.0. The maximum Gasteiger partial charge on any atom is 0.146 e. The van der Waals surface area contributed by atoms with Gasteiger partial charge in [0.05, 0.1) is 15.6 Å². The lowest BCUT2D eigenvalue weighted by atomic mass is 10.1. The number of hydrogen-bond acceptors (Lipinski definition) is 2. The minimum atomic E-state index is -0.593. The van der Waals surface area contributed by atoms with E-state index in [1.807, 2.05) is 0 Å². The van der Waals surface area contributed by atoms with Crippen LogP contribution in [-0.2, 0) is 0 Å². The highest BCUT2D eigenvalue weighted by molar-refractivity contribution is 9.10. The van der Waals surface area contributed by atoms with E-state index in [1.165, 1.54) is 18.2 Å². The normalized spacial score (nSPS) is 12.3. The largest absolute Gasteiger partial charge is 0.455 e. The van der Waals surface area contributed by atoms with E-state index in [1.54, 1.807) is 25.1 Å². The standard InChI is InChI=1S/C14H11BrClFO2/c1-8(18)9-2-4-14(12(16)6-9)19-13-5-3-10(17)7-11(13)15/h2-8,18H,1H3/t8-/m1/s1. The molecular formula is C14H11BrClFO2. The molecule has 2 aromatic rings. The Morgan fingerprint density at radius 3 is 2.47 bits per heavy atom. The molecule has 100 valence electrons. The van der Waals surface area contributed by atoms with Crippen molar-refractivity contribution in [3.05, 3.63) is 57.3 Å². The molecule has 1 N–H and O–H groups in total. The lowest BCUT2D eigenvalue weighted by Crippen LogP contribution is -1.92. The molecule has 0 aliphatic carbocycles. The van der Waals surface area contributed by atoms with Crippen molar-refractivity contribution < 1.29 is 14.2 Å². The lowest BCUT2D eigenvalue weighted by Gasteiger charge is -2.11. The molecule has 0 radical (unpaired) electrons. The van der Waals surface area contributed by atoms with Gasteiger partial charge in [-0.15, -0.1) is 0 Å². The molecule has 2 nitrogen and oxygen atoms in total. The van der Waals surface area contributed by atoms with Crippen LogP contribution in [0.3, 0.4) is 0 Å². The molecule has 0 saturated heterocycles. The second-order valence-electron chi connectivity index (χ2n) is 4.04. The summed E-state index contributed by atoms with van der Waals surface area (Å²) < 4.78 is 19.1. The molecule has 0 aliphatic rings. The summed E-state index contributed by atoms with van der Waals surface area (Å²) in [7, 11) is 0. The van der Waals surface area contributed by atoms with Crippen LogP contribution in [0.4, 0.5) is 4.39 Å². The fourth-order valence-corrected chi connectivity index (χ4v) is 2.20. The molecule has 0 fully saturated rings. The van der Waals surface area contributed by atoms with Crippen molar-refractivity contribution in [3.8, 4) is 11.5 Å². The van der Waals surface area contributed by atoms with Gasteiger partial charge >= 0.3 is 0 Å². The topological polar surface area (TPSA) is 29.5 Å². The van der Waals surface area contributed by atoms with Crippen LogP contribution < -0.4 is 4.74 Å². The van der Waals surface area contributed by atoms with Crippen LogP contribution in [0.2, 0.25) is 5.02 Å². The molecular weight excluding hydrogens is 335 g/mol. The van der Waals surface area contributed by atoms with Crippen LogP contribution in [0.15, 0.2) is 40.9 Å². The van der Waals surface area contributed by atoms with Gasteiger partial charge in [0.25, 0.3) is 0 Å². The number of benzene rings is 2. The molecule has 0 heterocycles. The van der Waals surface area contributed by atoms with E-state index in [-0.39, 0.29) is 5.82 Å². The van der Waals surface area contributed by atoms with Crippen molar-refractivity contribution in [2.45, 2.75) is 13.0 Å². The summed E-state index contributed by atoms with van der Waals surface area (Å²) in [6, 6.07) is 9.16. The van der Waals surface area contributed by atoms with Gasteiger partial charge in [-0.25, -0.2) is 4.39 Å². The van der Waals surface area contributed by atoms with Crippen LogP contribution in [0.5, 0.6) is 11.5 Å². The lowest BCUT2D eigenvalue weighted by molar-refractivity contribution is 0.199. The Labute approximate surface area is 123 Å². The third kappa shape index (κ3) is 3.47. The van der Waals surface area contributed by atoms with Crippen LogP contribution in [-0.4, -0.2) is 5.11 Å². The van der Waals surface area contributed by atoms with Gasteiger partial charge in [-0.3, -0.25) is 0 Å². The smallest absolute Gasteiger partial charge is 0.146 e. The Morgan fingerprint density at radius 1 is 1.21 bits per heavy atom. The average Bonchev–Trinajstić information content (AvgIpc) is 2.34. The van der Waals surface area contributed by atoms with Crippen molar-refractivity contribution in [3.63, 3.8) is 0 Å². The third-order valence-corrected chi connectivity index (χ3v) is 3.47. The summed E-state index contributed by atoms with van der Waals surface area (Å²) in [5, 5.41) is 9.84. The summed E-state index contributed by atoms with van der Waals surface area (Å²) in [5.74, 6) is 0.557. The molecule has 2 aromatic carbocycles. The summed E-state index contributed by atoms with van der Waals surface area (Å²) in [6.45, 7) is 1.66. The van der Waals surface area contributed by atoms with Crippen LogP contribution in [0.1, 0.15) is 18.6 Å². The van der Waals surface area contributed by atoms with Gasteiger partial charge in [-0.05, 0) is 58.7 Å². The number of halogens is 3. The minimum absolute atomic E-state index is 0.352. The fraction of sp³-hybridized carbons (Fsp3) is 0.143. The van der Waals surface area contributed by atoms with Gasteiger partial charge in [-0.2, -0.15) is 0 Å². The first kappa shape index (κ1) is 14.3. The number of rotatable bonds is 3. The van der Waals surface area contributed by atoms with Crippen molar-refractivity contribution in [1.29, 1.82) is 0 Å². The van der Waals surface area contributed by atoms with Gasteiger partial charge in [0.1, 0.15) is 17.3 Å². The number of hydrogen-bond donors (Lipinski definition) is 1. The second-order valence-corrected chi connectivity index (χ2v) is 5.30. The van der Waals surface area contributed by atoms with Crippen LogP contribution >= 0.6 is 27.5 Å². The highest BCUT2D eigenvalue weighted by atomic mass is 79.9. The van der Waals surface area contributed by atoms with Gasteiger partial charge < -0.3 is 9.84 Å². The molecule has 0 unspecified atom stereocenters. The van der Waals surface area contributed by atoms with E-state index in [0.717, 1.165) is 0 Å². The van der Waals surface area contributed by atoms with Crippen molar-refractivity contribution in [1.82, 2.24) is 0 Å². The highest BCUT2D eigenvalue weighted by Gasteiger charge is 2.09. The number of ether oxygens (including phenoxy) is 1. The molecule has 2 rings (SSSR count). The summed E-state index contributed by atoms with van der Waals surface area (Å²) in [4.78, 5) is 0. The molecule has 0 bridgehead atoms. The monoisotopic (exact) mass is 344 g/mol. The summed E-state index contributed by atoms with van der Waals surface area (Å²) >= 11 is 9.30. The van der Waals surface area contributed by atoms with E-state index >= 15 is 0 Å². The summed E-state index contributed by atoms with van der Waals surface area (Å²) in [5.41, 5.74) is 0.704. The van der Waals surface area contributed by atoms with Crippen LogP contribution in [0, 0.1) is 5.82 Å². The number of aliphatic hydroxyl groups is 1. The highest BCUT2D eigenvalue weighted by Crippen LogP contribution is 2.35. The molecule has 19 heavy (non-hydrogen) atoms. The number of aliphatic hydroxyl groups excluding tert-OH is 1. The first-order valence-corrected chi connectivity index (χ1v) is 6.75. The predicted molar refractivity (Wildman–Crippen MR) is 76.3 cm³/mol. The van der Waals surface area contributed by atoms with Crippen molar-refractivity contribution >= 4 is 27.5 Å². The van der Waals surface area contributed by atoms with E-state index in [2.05, 4.69) is 15.9 Å². The predicted octanol–water partition coefficient (Wildman–Crippen LogP) is 5.09. The van der Waals surface area contributed by atoms with E-state index in [4.69, 9.17) is 16.3 Å². The first-order chi connectivity index (χ1) is 8.97. The Kier molecular flexibility index (Phi) is 4.45. The molecule has 0 amide bonds. The Morgan fingerprint density at radius 2 is 1.89 bits per heavy atom. The Bertz CT molecular complexity index is 602. The molecule has 0 aliphatic heterocycles. The Balaban J connectivity index is 2.28. The van der Waals surface area contributed by atoms with E-state index in [0.29, 0.717) is 26.6 Å². The van der Waals surface area contributed by atoms with E-state index < -0.39 is 6.10 Å². The second kappa shape index (κ2) is 5.90. The minimum Gasteiger partial charge on any atom is -0.455 e. The van der Waals surface area contributed by atoms with Gasteiger partial charge in [0.15, 0.2) is 0 Å². The zero-order valence-corrected chi connectivity index (χ0v) is 12.4. The third-order valence-electron chi connectivity index (χ3n) is 2.55. The molecule has 5 heteroatoms. The Hall–Kier alpha value is -1.10. The van der Waals surface area contributed by atoms with E-state index in [9.17, 15) is 9.50 Å². The zero-order valence-electron chi connectivity index (χ0n) is 10.0.